The van der Waals surface area contributed by atoms with Crippen molar-refractivity contribution in [3.63, 3.8) is 0 Å². The summed E-state index contributed by atoms with van der Waals surface area (Å²) in [5.41, 5.74) is -0.435. The maximum atomic E-state index is 10.3. The van der Waals surface area contributed by atoms with Gasteiger partial charge in [-0.2, -0.15) is 4.98 Å². The van der Waals surface area contributed by atoms with Gasteiger partial charge in [0.1, 0.15) is 0 Å². The second-order valence-corrected chi connectivity index (χ2v) is 5.41. The molecular formula is C12H11Cl2N3O2. The zero-order valence-corrected chi connectivity index (χ0v) is 11.4. The summed E-state index contributed by atoms with van der Waals surface area (Å²) in [5, 5.41) is 18.2. The highest BCUT2D eigenvalue weighted by Crippen LogP contribution is 2.30. The van der Waals surface area contributed by atoms with Gasteiger partial charge in [-0.25, -0.2) is 0 Å². The van der Waals surface area contributed by atoms with E-state index in [2.05, 4.69) is 15.5 Å². The Morgan fingerprint density at radius 1 is 1.26 bits per heavy atom. The first-order valence-corrected chi connectivity index (χ1v) is 6.56. The molecule has 0 spiro atoms. The summed E-state index contributed by atoms with van der Waals surface area (Å²) >= 11 is 11.9. The Morgan fingerprint density at radius 2 is 2.00 bits per heavy atom. The molecule has 1 saturated heterocycles. The molecule has 1 aromatic carbocycles. The van der Waals surface area contributed by atoms with Crippen LogP contribution in [0, 0.1) is 0 Å². The van der Waals surface area contributed by atoms with E-state index in [0.717, 1.165) is 6.54 Å². The van der Waals surface area contributed by atoms with Gasteiger partial charge >= 0.3 is 0 Å². The summed E-state index contributed by atoms with van der Waals surface area (Å²) in [6, 6.07) is 5.01. The Bertz CT molecular complexity index is 589. The van der Waals surface area contributed by atoms with E-state index in [-0.39, 0.29) is 5.89 Å². The number of β-amino-alcohol motifs (C(OH)–C–C–N with tert-alkyl or cyclic N) is 1. The first-order chi connectivity index (χ1) is 9.07. The minimum absolute atomic E-state index is 0.212. The molecule has 7 heteroatoms. The van der Waals surface area contributed by atoms with Gasteiger partial charge in [-0.05, 0) is 31.2 Å². The molecule has 3 rings (SSSR count). The molecule has 2 aromatic rings. The van der Waals surface area contributed by atoms with Crippen LogP contribution in [0.4, 0.5) is 0 Å². The average Bonchev–Trinajstić information content (AvgIpc) is 2.96. The van der Waals surface area contributed by atoms with Crippen LogP contribution in [0.1, 0.15) is 12.3 Å². The van der Waals surface area contributed by atoms with Crippen LogP contribution in [0.2, 0.25) is 10.0 Å². The van der Waals surface area contributed by atoms with Crippen LogP contribution in [-0.4, -0.2) is 28.3 Å². The Morgan fingerprint density at radius 3 is 2.63 bits per heavy atom. The van der Waals surface area contributed by atoms with Crippen molar-refractivity contribution >= 4 is 23.2 Å². The molecule has 100 valence electrons. The Hall–Kier alpha value is -1.14. The Balaban J connectivity index is 1.96. The summed E-state index contributed by atoms with van der Waals surface area (Å²) in [5.74, 6) is 0.573. The van der Waals surface area contributed by atoms with E-state index >= 15 is 0 Å². The van der Waals surface area contributed by atoms with E-state index in [1.807, 2.05) is 0 Å². The van der Waals surface area contributed by atoms with Gasteiger partial charge in [0.25, 0.3) is 5.89 Å². The van der Waals surface area contributed by atoms with Crippen molar-refractivity contribution in [3.8, 4) is 11.4 Å². The minimum atomic E-state index is -1.09. The molecule has 1 aromatic heterocycles. The van der Waals surface area contributed by atoms with Crippen molar-refractivity contribution in [2.75, 3.05) is 13.1 Å². The highest BCUT2D eigenvalue weighted by atomic mass is 35.5. The van der Waals surface area contributed by atoms with Gasteiger partial charge in [0.05, 0.1) is 0 Å². The normalized spacial score (nSPS) is 22.9. The summed E-state index contributed by atoms with van der Waals surface area (Å²) in [6.45, 7) is 1.13. The topological polar surface area (TPSA) is 71.2 Å². The van der Waals surface area contributed by atoms with Crippen molar-refractivity contribution < 1.29 is 9.63 Å². The fourth-order valence-corrected chi connectivity index (χ4v) is 2.60. The van der Waals surface area contributed by atoms with Crippen LogP contribution in [0.15, 0.2) is 22.7 Å². The fourth-order valence-electron chi connectivity index (χ4n) is 2.07. The second-order valence-electron chi connectivity index (χ2n) is 4.54. The van der Waals surface area contributed by atoms with E-state index in [1.54, 1.807) is 18.2 Å². The molecule has 0 radical (unpaired) electrons. The van der Waals surface area contributed by atoms with E-state index < -0.39 is 5.60 Å². The number of nitrogens with zero attached hydrogens (tertiary/aromatic N) is 2. The molecule has 19 heavy (non-hydrogen) atoms. The Labute approximate surface area is 119 Å². The molecule has 1 atom stereocenters. The number of benzene rings is 1. The molecule has 0 saturated carbocycles. The predicted molar refractivity (Wildman–Crippen MR) is 71.1 cm³/mol. The molecule has 2 N–H and O–H groups in total. The minimum Gasteiger partial charge on any atom is -0.379 e. The number of aliphatic hydroxyl groups is 1. The van der Waals surface area contributed by atoms with Gasteiger partial charge in [0.15, 0.2) is 5.60 Å². The first kappa shape index (κ1) is 12.9. The highest BCUT2D eigenvalue weighted by molar-refractivity contribution is 6.35. The third kappa shape index (κ3) is 2.47. The largest absolute Gasteiger partial charge is 0.379 e. The monoisotopic (exact) mass is 299 g/mol. The maximum Gasteiger partial charge on any atom is 0.260 e. The van der Waals surface area contributed by atoms with Crippen LogP contribution < -0.4 is 5.32 Å². The van der Waals surface area contributed by atoms with E-state index in [1.165, 1.54) is 0 Å². The number of hydrogen-bond donors (Lipinski definition) is 2. The molecule has 1 aliphatic rings. The van der Waals surface area contributed by atoms with Crippen LogP contribution in [0.25, 0.3) is 11.4 Å². The fraction of sp³-hybridized carbons (Fsp3) is 0.333. The smallest absolute Gasteiger partial charge is 0.260 e. The van der Waals surface area contributed by atoms with Gasteiger partial charge in [-0.3, -0.25) is 0 Å². The predicted octanol–water partition coefficient (Wildman–Crippen LogP) is 2.22. The summed E-state index contributed by atoms with van der Waals surface area (Å²) < 4.78 is 5.15. The lowest BCUT2D eigenvalue weighted by molar-refractivity contribution is 0.0243. The van der Waals surface area contributed by atoms with Crippen LogP contribution in [0.3, 0.4) is 0 Å². The van der Waals surface area contributed by atoms with Crippen LogP contribution in [0.5, 0.6) is 0 Å². The van der Waals surface area contributed by atoms with Crippen molar-refractivity contribution in [2.24, 2.45) is 0 Å². The number of halogens is 2. The molecule has 5 nitrogen and oxygen atoms in total. The third-order valence-electron chi connectivity index (χ3n) is 3.08. The second kappa shape index (κ2) is 4.76. The van der Waals surface area contributed by atoms with Crippen molar-refractivity contribution in [1.29, 1.82) is 0 Å². The lowest BCUT2D eigenvalue weighted by atomic mass is 10.0. The van der Waals surface area contributed by atoms with Crippen LogP contribution in [-0.2, 0) is 5.60 Å². The van der Waals surface area contributed by atoms with Gasteiger partial charge in [0.2, 0.25) is 5.82 Å². The molecule has 2 heterocycles. The average molecular weight is 300 g/mol. The molecule has 1 unspecified atom stereocenters. The van der Waals surface area contributed by atoms with E-state index in [0.29, 0.717) is 34.4 Å². The summed E-state index contributed by atoms with van der Waals surface area (Å²) in [4.78, 5) is 4.23. The summed E-state index contributed by atoms with van der Waals surface area (Å²) in [6.07, 6.45) is 0.547. The quantitative estimate of drug-likeness (QED) is 0.890. The van der Waals surface area contributed by atoms with E-state index in [4.69, 9.17) is 27.7 Å². The summed E-state index contributed by atoms with van der Waals surface area (Å²) in [7, 11) is 0. The van der Waals surface area contributed by atoms with Crippen LogP contribution >= 0.6 is 23.2 Å². The highest BCUT2D eigenvalue weighted by Gasteiger charge is 2.38. The first-order valence-electron chi connectivity index (χ1n) is 5.81. The molecule has 0 amide bonds. The van der Waals surface area contributed by atoms with Crippen molar-refractivity contribution in [1.82, 2.24) is 15.5 Å². The molecule has 0 bridgehead atoms. The third-order valence-corrected chi connectivity index (χ3v) is 3.51. The maximum absolute atomic E-state index is 10.3. The van der Waals surface area contributed by atoms with E-state index in [9.17, 15) is 5.11 Å². The molecule has 0 aliphatic carbocycles. The lowest BCUT2D eigenvalue weighted by Crippen LogP contribution is -2.28. The van der Waals surface area contributed by atoms with Crippen molar-refractivity contribution in [2.45, 2.75) is 12.0 Å². The Kier molecular flexibility index (Phi) is 3.22. The number of rotatable bonds is 2. The number of hydrogen-bond acceptors (Lipinski definition) is 5. The standard InChI is InChI=1S/C12H11Cl2N3O2/c13-8-3-7(4-9(14)5-8)10-16-11(19-17-10)12(18)1-2-15-6-12/h3-5,15,18H,1-2,6H2. The molecule has 1 fully saturated rings. The van der Waals surface area contributed by atoms with Crippen molar-refractivity contribution in [3.05, 3.63) is 34.1 Å². The SMILES string of the molecule is OC1(c2nc(-c3cc(Cl)cc(Cl)c3)no2)CCNC1. The molecular weight excluding hydrogens is 289 g/mol. The van der Waals surface area contributed by atoms with Gasteiger partial charge in [0, 0.05) is 22.2 Å². The van der Waals surface area contributed by atoms with Gasteiger partial charge in [-0.15, -0.1) is 0 Å². The number of aromatic nitrogens is 2. The van der Waals surface area contributed by atoms with Gasteiger partial charge < -0.3 is 14.9 Å². The van der Waals surface area contributed by atoms with Gasteiger partial charge in [-0.1, -0.05) is 28.4 Å². The molecule has 1 aliphatic heterocycles. The number of nitrogens with one attached hydrogen (secondary N) is 1. The zero-order valence-electron chi connectivity index (χ0n) is 9.86. The zero-order chi connectivity index (χ0) is 13.5. The lowest BCUT2D eigenvalue weighted by Gasteiger charge is -2.14.